The molecule has 1 heterocycles. The molecule has 2 aromatic carbocycles. The third kappa shape index (κ3) is 4.15. The van der Waals surface area contributed by atoms with Gasteiger partial charge >= 0.3 is 0 Å². The maximum Gasteiger partial charge on any atom is 0.187 e. The molecule has 0 unspecified atom stereocenters. The predicted molar refractivity (Wildman–Crippen MR) is 120 cm³/mol. The van der Waals surface area contributed by atoms with E-state index in [9.17, 15) is 23.1 Å². The number of benzene rings is 2. The minimum absolute atomic E-state index is 0.00740. The predicted octanol–water partition coefficient (Wildman–Crippen LogP) is 5.30. The average molecular weight is 455 g/mol. The molecule has 2 saturated carbocycles. The average Bonchev–Trinajstić information content (AvgIpc) is 3.63. The van der Waals surface area contributed by atoms with Gasteiger partial charge < -0.3 is 16.2 Å². The molecule has 172 valence electrons. The van der Waals surface area contributed by atoms with Gasteiger partial charge in [0.05, 0.1) is 16.8 Å². The van der Waals surface area contributed by atoms with Gasteiger partial charge in [0.1, 0.15) is 5.82 Å². The van der Waals surface area contributed by atoms with E-state index in [0.29, 0.717) is 22.2 Å². The first-order chi connectivity index (χ1) is 15.8. The Morgan fingerprint density at radius 1 is 0.970 bits per heavy atom. The van der Waals surface area contributed by atoms with Crippen LogP contribution in [-0.2, 0) is 0 Å². The zero-order valence-electron chi connectivity index (χ0n) is 17.9. The second-order valence-corrected chi connectivity index (χ2v) is 9.08. The number of carbonyl (C=O) groups excluding carboxylic acids is 1. The van der Waals surface area contributed by atoms with E-state index in [-0.39, 0.29) is 34.9 Å². The molecule has 33 heavy (non-hydrogen) atoms. The number of hydrogen-bond acceptors (Lipinski definition) is 5. The molecule has 1 aromatic heterocycles. The number of nitrogens with one attached hydrogen (secondary N) is 1. The van der Waals surface area contributed by atoms with Gasteiger partial charge in [0.2, 0.25) is 0 Å². The molecular formula is C25H24F3N3O2. The smallest absolute Gasteiger partial charge is 0.187 e. The summed E-state index contributed by atoms with van der Waals surface area (Å²) in [5.41, 5.74) is 7.27. The number of Topliss-reactive ketones (excluding diaryl/α,β-unsaturated/α-hetero) is 1. The number of anilines is 1. The number of phenols is 1. The lowest BCUT2D eigenvalue weighted by atomic mass is 9.91. The minimum Gasteiger partial charge on any atom is -0.503 e. The molecule has 0 spiro atoms. The molecule has 0 saturated heterocycles. The van der Waals surface area contributed by atoms with Crippen molar-refractivity contribution in [3.05, 3.63) is 53.5 Å². The SMILES string of the molecule is NC1CCC(Nc2c(C(=O)C3CC3)cnc3cc(F)c(-c4cc(F)c(O)c(F)c4)cc23)CC1. The second-order valence-electron chi connectivity index (χ2n) is 9.08. The van der Waals surface area contributed by atoms with Crippen molar-refractivity contribution in [2.24, 2.45) is 11.7 Å². The number of ketones is 1. The normalized spacial score (nSPS) is 20.7. The number of phenolic OH excluding ortho intramolecular Hbond substituents is 1. The standard InChI is InChI=1S/C25H24F3N3O2/c26-19-10-22-17(9-16(19)13-7-20(27)25(33)21(28)8-13)23(31-15-5-3-14(29)4-6-15)18(11-30-22)24(32)12-1-2-12/h7-12,14-15,33H,1-6,29H2,(H,30,31). The van der Waals surface area contributed by atoms with Gasteiger partial charge in [-0.2, -0.15) is 0 Å². The highest BCUT2D eigenvalue weighted by Gasteiger charge is 2.33. The topological polar surface area (TPSA) is 88.2 Å². The minimum atomic E-state index is -1.18. The van der Waals surface area contributed by atoms with Gasteiger partial charge in [-0.1, -0.05) is 0 Å². The van der Waals surface area contributed by atoms with Crippen molar-refractivity contribution >= 4 is 22.4 Å². The number of nitrogens with zero attached hydrogens (tertiary/aromatic N) is 1. The van der Waals surface area contributed by atoms with Crippen LogP contribution in [0.2, 0.25) is 0 Å². The van der Waals surface area contributed by atoms with Crippen molar-refractivity contribution in [3.63, 3.8) is 0 Å². The third-order valence-electron chi connectivity index (χ3n) is 6.62. The van der Waals surface area contributed by atoms with Crippen LogP contribution in [-0.4, -0.2) is 28.0 Å². The number of fused-ring (bicyclic) bond motifs is 1. The van der Waals surface area contributed by atoms with Crippen LogP contribution in [0.5, 0.6) is 5.75 Å². The summed E-state index contributed by atoms with van der Waals surface area (Å²) in [5, 5.41) is 13.4. The number of pyridine rings is 1. The number of aromatic nitrogens is 1. The number of rotatable bonds is 5. The Kier molecular flexibility index (Phi) is 5.48. The van der Waals surface area contributed by atoms with E-state index in [1.165, 1.54) is 18.3 Å². The van der Waals surface area contributed by atoms with Crippen molar-refractivity contribution in [1.29, 1.82) is 0 Å². The van der Waals surface area contributed by atoms with E-state index >= 15 is 0 Å². The Labute approximate surface area is 188 Å². The van der Waals surface area contributed by atoms with Crippen molar-refractivity contribution in [2.75, 3.05) is 5.32 Å². The van der Waals surface area contributed by atoms with Gasteiger partial charge in [-0.3, -0.25) is 9.78 Å². The van der Waals surface area contributed by atoms with Gasteiger partial charge in [0.15, 0.2) is 23.2 Å². The molecule has 8 heteroatoms. The zero-order valence-corrected chi connectivity index (χ0v) is 17.9. The van der Waals surface area contributed by atoms with E-state index in [1.54, 1.807) is 0 Å². The largest absolute Gasteiger partial charge is 0.503 e. The lowest BCUT2D eigenvalue weighted by Crippen LogP contribution is -2.33. The Bertz CT molecular complexity index is 1230. The molecule has 0 bridgehead atoms. The monoisotopic (exact) mass is 455 g/mol. The zero-order chi connectivity index (χ0) is 23.3. The quantitative estimate of drug-likeness (QED) is 0.455. The first kappa shape index (κ1) is 21.7. The molecule has 0 amide bonds. The van der Waals surface area contributed by atoms with Gasteiger partial charge in [-0.15, -0.1) is 0 Å². The fourth-order valence-electron chi connectivity index (χ4n) is 4.53. The van der Waals surface area contributed by atoms with Crippen molar-refractivity contribution < 1.29 is 23.1 Å². The molecule has 2 aliphatic rings. The summed E-state index contributed by atoms with van der Waals surface area (Å²) in [6.07, 6.45) is 6.54. The number of hydrogen-bond donors (Lipinski definition) is 3. The molecule has 2 fully saturated rings. The maximum absolute atomic E-state index is 15.0. The van der Waals surface area contributed by atoms with Gasteiger partial charge in [-0.25, -0.2) is 13.2 Å². The second kappa shape index (κ2) is 8.33. The van der Waals surface area contributed by atoms with Crippen LogP contribution in [0.25, 0.3) is 22.0 Å². The summed E-state index contributed by atoms with van der Waals surface area (Å²) in [4.78, 5) is 17.3. The Hall–Kier alpha value is -3.13. The van der Waals surface area contributed by atoms with E-state index in [2.05, 4.69) is 10.3 Å². The molecular weight excluding hydrogens is 431 g/mol. The highest BCUT2D eigenvalue weighted by molar-refractivity contribution is 6.10. The van der Waals surface area contributed by atoms with Crippen LogP contribution in [0.15, 0.2) is 30.5 Å². The summed E-state index contributed by atoms with van der Waals surface area (Å²) in [5.74, 6) is -4.24. The summed E-state index contributed by atoms with van der Waals surface area (Å²) >= 11 is 0. The maximum atomic E-state index is 15.0. The first-order valence-electron chi connectivity index (χ1n) is 11.2. The molecule has 0 radical (unpaired) electrons. The summed E-state index contributed by atoms with van der Waals surface area (Å²) in [7, 11) is 0. The van der Waals surface area contributed by atoms with E-state index < -0.39 is 23.2 Å². The number of carbonyl (C=O) groups is 1. The number of aromatic hydroxyl groups is 1. The molecule has 4 N–H and O–H groups in total. The van der Waals surface area contributed by atoms with Crippen molar-refractivity contribution in [2.45, 2.75) is 50.6 Å². The van der Waals surface area contributed by atoms with Crippen molar-refractivity contribution in [1.82, 2.24) is 4.98 Å². The molecule has 5 rings (SSSR count). The van der Waals surface area contributed by atoms with Crippen LogP contribution in [0, 0.1) is 23.4 Å². The fraction of sp³-hybridized carbons (Fsp3) is 0.360. The number of nitrogens with two attached hydrogens (primary N) is 1. The molecule has 0 atom stereocenters. The van der Waals surface area contributed by atoms with Crippen LogP contribution in [0.1, 0.15) is 48.9 Å². The molecule has 5 nitrogen and oxygen atoms in total. The summed E-state index contributed by atoms with van der Waals surface area (Å²) < 4.78 is 42.9. The van der Waals surface area contributed by atoms with Gasteiger partial charge in [0.25, 0.3) is 0 Å². The van der Waals surface area contributed by atoms with Gasteiger partial charge in [0, 0.05) is 41.2 Å². The number of halogens is 3. The molecule has 0 aliphatic heterocycles. The third-order valence-corrected chi connectivity index (χ3v) is 6.62. The Morgan fingerprint density at radius 2 is 1.64 bits per heavy atom. The lowest BCUT2D eigenvalue weighted by Gasteiger charge is -2.29. The van der Waals surface area contributed by atoms with E-state index in [4.69, 9.17) is 5.73 Å². The van der Waals surface area contributed by atoms with E-state index in [1.807, 2.05) is 0 Å². The first-order valence-corrected chi connectivity index (χ1v) is 11.2. The fourth-order valence-corrected chi connectivity index (χ4v) is 4.53. The van der Waals surface area contributed by atoms with E-state index in [0.717, 1.165) is 50.7 Å². The van der Waals surface area contributed by atoms with Crippen molar-refractivity contribution in [3.8, 4) is 16.9 Å². The Balaban J connectivity index is 1.66. The van der Waals surface area contributed by atoms with Crippen LogP contribution >= 0.6 is 0 Å². The summed E-state index contributed by atoms with van der Waals surface area (Å²) in [6, 6.07) is 4.67. The highest BCUT2D eigenvalue weighted by Crippen LogP contribution is 2.39. The highest BCUT2D eigenvalue weighted by atomic mass is 19.1. The van der Waals surface area contributed by atoms with Gasteiger partial charge in [-0.05, 0) is 62.3 Å². The Morgan fingerprint density at radius 3 is 2.27 bits per heavy atom. The molecule has 3 aromatic rings. The lowest BCUT2D eigenvalue weighted by molar-refractivity contribution is 0.0968. The summed E-state index contributed by atoms with van der Waals surface area (Å²) in [6.45, 7) is 0. The molecule has 2 aliphatic carbocycles. The van der Waals surface area contributed by atoms with Crippen LogP contribution in [0.4, 0.5) is 18.9 Å². The van der Waals surface area contributed by atoms with Crippen LogP contribution in [0.3, 0.4) is 0 Å². The van der Waals surface area contributed by atoms with Crippen LogP contribution < -0.4 is 11.1 Å².